The molecule has 0 atom stereocenters. The summed E-state index contributed by atoms with van der Waals surface area (Å²) in [6.45, 7) is 5.31. The SMILES string of the molecule is CCCCOc1ccc(N2CCN(S(=O)(=O)C3(C(=O)NO)CCNCC3)CC2)cc1. The molecule has 2 aliphatic heterocycles. The van der Waals surface area contributed by atoms with Crippen LogP contribution in [0.3, 0.4) is 0 Å². The highest BCUT2D eigenvalue weighted by atomic mass is 32.2. The Morgan fingerprint density at radius 2 is 1.80 bits per heavy atom. The first-order valence-corrected chi connectivity index (χ1v) is 12.0. The third kappa shape index (κ3) is 4.56. The molecule has 3 rings (SSSR count). The van der Waals surface area contributed by atoms with Crippen LogP contribution in [-0.4, -0.2) is 74.5 Å². The van der Waals surface area contributed by atoms with Gasteiger partial charge >= 0.3 is 0 Å². The number of unbranched alkanes of at least 4 members (excludes halogenated alkanes) is 1. The predicted octanol–water partition coefficient (Wildman–Crippen LogP) is 0.945. The standard InChI is InChI=1S/C20H32N4O5S/c1-2-3-16-29-18-6-4-17(5-7-18)23-12-14-24(15-13-23)30(27,28)20(19(25)22-26)8-10-21-11-9-20/h4-7,21,26H,2-3,8-16H2,1H3,(H,22,25). The van der Waals surface area contributed by atoms with Gasteiger partial charge in [0.2, 0.25) is 10.0 Å². The van der Waals surface area contributed by atoms with Gasteiger partial charge in [-0.15, -0.1) is 0 Å². The van der Waals surface area contributed by atoms with Gasteiger partial charge in [0.15, 0.2) is 4.75 Å². The number of nitrogens with one attached hydrogen (secondary N) is 2. The van der Waals surface area contributed by atoms with Crippen molar-refractivity contribution in [3.63, 3.8) is 0 Å². The molecule has 2 saturated heterocycles. The Labute approximate surface area is 178 Å². The molecule has 2 aliphatic rings. The fraction of sp³-hybridized carbons (Fsp3) is 0.650. The number of benzene rings is 1. The number of hydrogen-bond acceptors (Lipinski definition) is 7. The van der Waals surface area contributed by atoms with Crippen LogP contribution in [-0.2, 0) is 14.8 Å². The van der Waals surface area contributed by atoms with Crippen LogP contribution in [0.2, 0.25) is 0 Å². The summed E-state index contributed by atoms with van der Waals surface area (Å²) in [5.41, 5.74) is 2.60. The lowest BCUT2D eigenvalue weighted by molar-refractivity contribution is -0.132. The summed E-state index contributed by atoms with van der Waals surface area (Å²) in [4.78, 5) is 14.5. The Morgan fingerprint density at radius 3 is 2.37 bits per heavy atom. The molecule has 1 amide bonds. The van der Waals surface area contributed by atoms with Crippen molar-refractivity contribution in [1.29, 1.82) is 0 Å². The van der Waals surface area contributed by atoms with Crippen LogP contribution in [0.1, 0.15) is 32.6 Å². The average Bonchev–Trinajstić information content (AvgIpc) is 2.79. The van der Waals surface area contributed by atoms with Gasteiger partial charge in [0.05, 0.1) is 6.61 Å². The molecule has 0 aliphatic carbocycles. The third-order valence-electron chi connectivity index (χ3n) is 5.97. The summed E-state index contributed by atoms with van der Waals surface area (Å²) in [5.74, 6) is -0.0126. The average molecular weight is 441 g/mol. The number of hydroxylamine groups is 1. The van der Waals surface area contributed by atoms with Gasteiger partial charge in [-0.3, -0.25) is 10.0 Å². The van der Waals surface area contributed by atoms with E-state index in [2.05, 4.69) is 17.1 Å². The minimum atomic E-state index is -3.91. The van der Waals surface area contributed by atoms with E-state index in [9.17, 15) is 18.4 Å². The first-order chi connectivity index (χ1) is 14.4. The molecular formula is C20H32N4O5S. The van der Waals surface area contributed by atoms with E-state index in [0.717, 1.165) is 24.3 Å². The lowest BCUT2D eigenvalue weighted by Crippen LogP contribution is -2.63. The molecular weight excluding hydrogens is 408 g/mol. The van der Waals surface area contributed by atoms with Gasteiger partial charge < -0.3 is 15.0 Å². The summed E-state index contributed by atoms with van der Waals surface area (Å²) >= 11 is 0. The maximum Gasteiger partial charge on any atom is 0.266 e. The highest BCUT2D eigenvalue weighted by Gasteiger charge is 2.54. The summed E-state index contributed by atoms with van der Waals surface area (Å²) < 4.78 is 32.2. The van der Waals surface area contributed by atoms with Gasteiger partial charge in [-0.25, -0.2) is 13.9 Å². The number of sulfonamides is 1. The molecule has 0 radical (unpaired) electrons. The number of piperidine rings is 1. The predicted molar refractivity (Wildman–Crippen MR) is 114 cm³/mol. The van der Waals surface area contributed by atoms with Gasteiger partial charge in [-0.2, -0.15) is 4.31 Å². The van der Waals surface area contributed by atoms with Gasteiger partial charge in [0.25, 0.3) is 5.91 Å². The number of rotatable bonds is 8. The minimum Gasteiger partial charge on any atom is -0.494 e. The normalized spacial score (nSPS) is 20.0. The van der Waals surface area contributed by atoms with Crippen LogP contribution >= 0.6 is 0 Å². The number of nitrogens with zero attached hydrogens (tertiary/aromatic N) is 2. The first kappa shape index (κ1) is 22.8. The quantitative estimate of drug-likeness (QED) is 0.313. The lowest BCUT2D eigenvalue weighted by Gasteiger charge is -2.42. The summed E-state index contributed by atoms with van der Waals surface area (Å²) in [7, 11) is -3.91. The molecule has 168 valence electrons. The van der Waals surface area contributed by atoms with Crippen molar-refractivity contribution in [2.24, 2.45) is 0 Å². The molecule has 0 unspecified atom stereocenters. The molecule has 9 nitrogen and oxygen atoms in total. The van der Waals surface area contributed by atoms with Crippen molar-refractivity contribution in [2.45, 2.75) is 37.4 Å². The molecule has 10 heteroatoms. The van der Waals surface area contributed by atoms with Crippen molar-refractivity contribution in [3.05, 3.63) is 24.3 Å². The second-order valence-corrected chi connectivity index (χ2v) is 10.0. The van der Waals surface area contributed by atoms with Gasteiger partial charge in [-0.1, -0.05) is 13.3 Å². The number of piperazine rings is 1. The Bertz CT molecular complexity index is 801. The molecule has 1 aromatic carbocycles. The van der Waals surface area contributed by atoms with Crippen molar-refractivity contribution in [2.75, 3.05) is 50.8 Å². The topological polar surface area (TPSA) is 111 Å². The van der Waals surface area contributed by atoms with E-state index >= 15 is 0 Å². The van der Waals surface area contributed by atoms with Crippen LogP contribution in [0.5, 0.6) is 5.75 Å². The Morgan fingerprint density at radius 1 is 1.17 bits per heavy atom. The van der Waals surface area contributed by atoms with E-state index in [1.807, 2.05) is 24.3 Å². The molecule has 2 fully saturated rings. The third-order valence-corrected chi connectivity index (χ3v) is 8.59. The molecule has 30 heavy (non-hydrogen) atoms. The molecule has 3 N–H and O–H groups in total. The highest BCUT2D eigenvalue weighted by molar-refractivity contribution is 7.91. The van der Waals surface area contributed by atoms with Crippen LogP contribution in [0.4, 0.5) is 5.69 Å². The second kappa shape index (κ2) is 9.95. The maximum absolute atomic E-state index is 13.4. The van der Waals surface area contributed by atoms with Crippen LogP contribution in [0.25, 0.3) is 0 Å². The van der Waals surface area contributed by atoms with E-state index in [-0.39, 0.29) is 12.8 Å². The zero-order valence-corrected chi connectivity index (χ0v) is 18.3. The first-order valence-electron chi connectivity index (χ1n) is 10.6. The molecule has 1 aromatic rings. The van der Waals surface area contributed by atoms with E-state index in [1.165, 1.54) is 4.31 Å². The highest BCUT2D eigenvalue weighted by Crippen LogP contribution is 2.32. The zero-order chi connectivity index (χ0) is 21.6. The van der Waals surface area contributed by atoms with Crippen molar-refractivity contribution in [3.8, 4) is 5.75 Å². The monoisotopic (exact) mass is 440 g/mol. The molecule has 2 heterocycles. The minimum absolute atomic E-state index is 0.140. The summed E-state index contributed by atoms with van der Waals surface area (Å²) in [6, 6.07) is 7.84. The van der Waals surface area contributed by atoms with Gasteiger partial charge in [-0.05, 0) is 56.6 Å². The van der Waals surface area contributed by atoms with Crippen molar-refractivity contribution >= 4 is 21.6 Å². The number of ether oxygens (including phenoxy) is 1. The number of amides is 1. The smallest absolute Gasteiger partial charge is 0.266 e. The fourth-order valence-electron chi connectivity index (χ4n) is 4.06. The molecule has 0 spiro atoms. The van der Waals surface area contributed by atoms with Crippen LogP contribution < -0.4 is 20.4 Å². The molecule has 0 saturated carbocycles. The van der Waals surface area contributed by atoms with E-state index in [1.54, 1.807) is 5.48 Å². The van der Waals surface area contributed by atoms with Crippen molar-refractivity contribution < 1.29 is 23.2 Å². The number of carbonyl (C=O) groups is 1. The molecule has 0 bridgehead atoms. The van der Waals surface area contributed by atoms with E-state index in [4.69, 9.17) is 4.74 Å². The second-order valence-electron chi connectivity index (χ2n) is 7.77. The van der Waals surface area contributed by atoms with Gasteiger partial charge in [0, 0.05) is 31.9 Å². The van der Waals surface area contributed by atoms with Crippen LogP contribution in [0.15, 0.2) is 24.3 Å². The maximum atomic E-state index is 13.4. The molecule has 0 aromatic heterocycles. The number of carbonyl (C=O) groups excluding carboxylic acids is 1. The van der Waals surface area contributed by atoms with Gasteiger partial charge in [0.1, 0.15) is 5.75 Å². The Kier molecular flexibility index (Phi) is 7.56. The lowest BCUT2D eigenvalue weighted by atomic mass is 9.96. The zero-order valence-electron chi connectivity index (χ0n) is 17.5. The summed E-state index contributed by atoms with van der Waals surface area (Å²) in [5, 5.41) is 12.3. The summed E-state index contributed by atoms with van der Waals surface area (Å²) in [6.07, 6.45) is 2.38. The Hall–Kier alpha value is -1.88. The Balaban J connectivity index is 1.64. The largest absolute Gasteiger partial charge is 0.494 e. The fourth-order valence-corrected chi connectivity index (χ4v) is 6.19. The number of anilines is 1. The number of hydrogen-bond donors (Lipinski definition) is 3. The van der Waals surface area contributed by atoms with Crippen LogP contribution in [0, 0.1) is 0 Å². The van der Waals surface area contributed by atoms with Crippen molar-refractivity contribution in [1.82, 2.24) is 15.1 Å². The van der Waals surface area contributed by atoms with E-state index in [0.29, 0.717) is 45.9 Å². The van der Waals surface area contributed by atoms with E-state index < -0.39 is 20.7 Å².